The lowest BCUT2D eigenvalue weighted by Crippen LogP contribution is -2.19. The summed E-state index contributed by atoms with van der Waals surface area (Å²) in [7, 11) is 0. The van der Waals surface area contributed by atoms with Crippen molar-refractivity contribution in [3.8, 4) is 0 Å². The second-order valence-corrected chi connectivity index (χ2v) is 0.469. The molecule has 0 spiro atoms. The zero-order valence-corrected chi connectivity index (χ0v) is 3.01. The first-order valence-corrected chi connectivity index (χ1v) is 1.10. The topological polar surface area (TPSA) is 91.6 Å². The Morgan fingerprint density at radius 3 is 1.14 bits per heavy atom. The van der Waals surface area contributed by atoms with Crippen molar-refractivity contribution in [3.63, 3.8) is 0 Å². The van der Waals surface area contributed by atoms with Crippen LogP contribution in [0.1, 0.15) is 0 Å². The second-order valence-electron chi connectivity index (χ2n) is 0.469. The van der Waals surface area contributed by atoms with Crippen molar-refractivity contribution in [2.45, 2.75) is 0 Å². The van der Waals surface area contributed by atoms with Crippen LogP contribution >= 0.6 is 0 Å². The zero-order valence-electron chi connectivity index (χ0n) is 3.01. The molecular formula is H3NO6. The summed E-state index contributed by atoms with van der Waals surface area (Å²) < 4.78 is 0. The average molecular weight is 113 g/mol. The van der Waals surface area contributed by atoms with E-state index in [4.69, 9.17) is 15.8 Å². The van der Waals surface area contributed by atoms with E-state index in [-0.39, 0.29) is 0 Å². The molecular weight excluding hydrogens is 110 g/mol. The van der Waals surface area contributed by atoms with Crippen LogP contribution in [-0.4, -0.2) is 21.2 Å². The van der Waals surface area contributed by atoms with E-state index in [1.807, 2.05) is 0 Å². The highest BCUT2D eigenvalue weighted by Crippen LogP contribution is 1.82. The van der Waals surface area contributed by atoms with Crippen molar-refractivity contribution in [2.24, 2.45) is 0 Å². The van der Waals surface area contributed by atoms with Gasteiger partial charge in [-0.15, -0.1) is 0 Å². The third kappa shape index (κ3) is 2.42. The molecule has 0 atom stereocenters. The summed E-state index contributed by atoms with van der Waals surface area (Å²) in [6, 6.07) is 0. The Bertz CT molecular complexity index is 25.7. The molecule has 0 aromatic heterocycles. The number of rotatable bonds is 3. The smallest absolute Gasteiger partial charge is 0.165 e. The first-order valence-electron chi connectivity index (χ1n) is 1.10. The summed E-state index contributed by atoms with van der Waals surface area (Å²) in [4.78, 5) is 8.81. The third-order valence-corrected chi connectivity index (χ3v) is 0.200. The monoisotopic (exact) mass is 113 g/mol. The third-order valence-electron chi connectivity index (χ3n) is 0.200. The molecule has 0 aromatic rings. The van der Waals surface area contributed by atoms with E-state index in [9.17, 15) is 0 Å². The average Bonchev–Trinajstić information content (AvgIpc) is 1.72. The van der Waals surface area contributed by atoms with E-state index in [0.717, 1.165) is 0 Å². The molecule has 7 heavy (non-hydrogen) atoms. The van der Waals surface area contributed by atoms with E-state index in [0.29, 0.717) is 0 Å². The van der Waals surface area contributed by atoms with E-state index in [1.165, 1.54) is 0 Å². The molecule has 0 amide bonds. The fraction of sp³-hybridized carbons (Fsp3) is 0. The SMILES string of the molecule is OON(OO)OO. The summed E-state index contributed by atoms with van der Waals surface area (Å²) in [6.45, 7) is 0. The van der Waals surface area contributed by atoms with Crippen LogP contribution in [0.3, 0.4) is 0 Å². The van der Waals surface area contributed by atoms with Crippen LogP contribution in [0.5, 0.6) is 0 Å². The Hall–Kier alpha value is -0.280. The molecule has 0 saturated carbocycles. The Labute approximate surface area is 37.5 Å². The minimum Gasteiger partial charge on any atom is -0.229 e. The summed E-state index contributed by atoms with van der Waals surface area (Å²) in [5, 5.41) is 21.7. The first-order chi connectivity index (χ1) is 3.35. The Morgan fingerprint density at radius 2 is 1.14 bits per heavy atom. The van der Waals surface area contributed by atoms with Crippen LogP contribution in [0, 0.1) is 0 Å². The summed E-state index contributed by atoms with van der Waals surface area (Å²) >= 11 is 0. The van der Waals surface area contributed by atoms with Crippen LogP contribution in [-0.2, 0) is 15.0 Å². The molecule has 0 bridgehead atoms. The van der Waals surface area contributed by atoms with Gasteiger partial charge in [0.15, 0.2) is 5.39 Å². The maximum Gasteiger partial charge on any atom is 0.165 e. The molecule has 7 heteroatoms. The second kappa shape index (κ2) is 3.89. The van der Waals surface area contributed by atoms with Gasteiger partial charge < -0.3 is 0 Å². The number of nitrogens with zero attached hydrogens (tertiary/aromatic N) is 1. The van der Waals surface area contributed by atoms with Crippen LogP contribution in [0.2, 0.25) is 0 Å². The minimum absolute atomic E-state index is 0.458. The van der Waals surface area contributed by atoms with Gasteiger partial charge in [-0.25, -0.2) is 15.8 Å². The van der Waals surface area contributed by atoms with Crippen LogP contribution in [0.4, 0.5) is 0 Å². The fourth-order valence-corrected chi connectivity index (χ4v) is 0.0447. The maximum atomic E-state index is 7.38. The maximum absolute atomic E-state index is 7.38. The lowest BCUT2D eigenvalue weighted by Gasteiger charge is -2.02. The van der Waals surface area contributed by atoms with Crippen molar-refractivity contribution >= 4 is 0 Å². The number of hydrogen-bond acceptors (Lipinski definition) is 7. The van der Waals surface area contributed by atoms with Crippen LogP contribution < -0.4 is 0 Å². The normalized spacial score (nSPS) is 10.3. The van der Waals surface area contributed by atoms with Gasteiger partial charge in [0.05, 0.1) is 0 Å². The predicted molar refractivity (Wildman–Crippen MR) is 13.0 cm³/mol. The summed E-state index contributed by atoms with van der Waals surface area (Å²) in [5.74, 6) is 0. The molecule has 0 aliphatic heterocycles. The molecule has 0 rings (SSSR count). The van der Waals surface area contributed by atoms with Crippen LogP contribution in [0.15, 0.2) is 0 Å². The van der Waals surface area contributed by atoms with Gasteiger partial charge in [-0.1, -0.05) is 15.0 Å². The Balaban J connectivity index is 2.99. The van der Waals surface area contributed by atoms with Gasteiger partial charge in [-0.2, -0.15) is 0 Å². The fourth-order valence-electron chi connectivity index (χ4n) is 0.0447. The largest absolute Gasteiger partial charge is 0.229 e. The molecule has 7 nitrogen and oxygen atoms in total. The minimum atomic E-state index is -0.458. The highest BCUT2D eigenvalue weighted by atomic mass is 17.5. The molecule has 0 saturated heterocycles. The van der Waals surface area contributed by atoms with E-state index < -0.39 is 5.39 Å². The highest BCUT2D eigenvalue weighted by Gasteiger charge is 2.00. The molecule has 0 unspecified atom stereocenters. The summed E-state index contributed by atoms with van der Waals surface area (Å²) in [5.41, 5.74) is 0. The molecule has 0 radical (unpaired) electrons. The van der Waals surface area contributed by atoms with Gasteiger partial charge in [-0.05, 0) is 0 Å². The van der Waals surface area contributed by atoms with Gasteiger partial charge in [0, 0.05) is 0 Å². The highest BCUT2D eigenvalue weighted by molar-refractivity contribution is 3.40. The molecule has 0 heterocycles. The first kappa shape index (κ1) is 6.72. The molecule has 0 fully saturated rings. The van der Waals surface area contributed by atoms with Gasteiger partial charge in [-0.3, -0.25) is 0 Å². The van der Waals surface area contributed by atoms with Crippen molar-refractivity contribution < 1.29 is 30.7 Å². The molecule has 0 aliphatic carbocycles. The zero-order chi connectivity index (χ0) is 5.70. The van der Waals surface area contributed by atoms with Crippen molar-refractivity contribution in [2.75, 3.05) is 0 Å². The molecule has 44 valence electrons. The lowest BCUT2D eigenvalue weighted by molar-refractivity contribution is -0.727. The van der Waals surface area contributed by atoms with Gasteiger partial charge in [0.25, 0.3) is 0 Å². The summed E-state index contributed by atoms with van der Waals surface area (Å²) in [6.07, 6.45) is 0. The van der Waals surface area contributed by atoms with Gasteiger partial charge in [0.1, 0.15) is 0 Å². The standard InChI is InChI=1S/H3NO6/c2-5-1(6-3)7-4/h2-4H. The van der Waals surface area contributed by atoms with Crippen molar-refractivity contribution in [1.82, 2.24) is 5.39 Å². The predicted octanol–water partition coefficient (Wildman–Crippen LogP) is -0.498. The van der Waals surface area contributed by atoms with E-state index in [2.05, 4.69) is 15.0 Å². The van der Waals surface area contributed by atoms with Gasteiger partial charge >= 0.3 is 0 Å². The molecule has 0 aliphatic rings. The Morgan fingerprint density at radius 1 is 0.857 bits per heavy atom. The quantitative estimate of drug-likeness (QED) is 0.335. The number of hydrogen-bond donors (Lipinski definition) is 3. The van der Waals surface area contributed by atoms with Gasteiger partial charge in [0.2, 0.25) is 0 Å². The lowest BCUT2D eigenvalue weighted by atomic mass is 12.9. The molecule has 0 aromatic carbocycles. The van der Waals surface area contributed by atoms with Crippen molar-refractivity contribution in [1.29, 1.82) is 0 Å². The Kier molecular flexibility index (Phi) is 3.74. The van der Waals surface area contributed by atoms with E-state index >= 15 is 0 Å². The van der Waals surface area contributed by atoms with Crippen molar-refractivity contribution in [3.05, 3.63) is 0 Å². The molecule has 3 N–H and O–H groups in total. The van der Waals surface area contributed by atoms with Crippen LogP contribution in [0.25, 0.3) is 0 Å². The van der Waals surface area contributed by atoms with E-state index in [1.54, 1.807) is 0 Å².